The van der Waals surface area contributed by atoms with Gasteiger partial charge in [-0.05, 0) is 51.3 Å². The number of carbonyl (C=O) groups excluding carboxylic acids is 1. The minimum atomic E-state index is -0.123. The summed E-state index contributed by atoms with van der Waals surface area (Å²) in [5, 5.41) is 6.36. The van der Waals surface area contributed by atoms with Crippen LogP contribution in [-0.2, 0) is 6.54 Å². The van der Waals surface area contributed by atoms with E-state index in [0.29, 0.717) is 23.4 Å². The highest BCUT2D eigenvalue weighted by atomic mass is 16.4. The van der Waals surface area contributed by atoms with Crippen LogP contribution in [-0.4, -0.2) is 16.9 Å². The second-order valence-electron chi connectivity index (χ2n) is 6.59. The largest absolute Gasteiger partial charge is 0.444 e. The molecule has 0 spiro atoms. The van der Waals surface area contributed by atoms with Crippen LogP contribution in [0.1, 0.15) is 54.0 Å². The van der Waals surface area contributed by atoms with Gasteiger partial charge >= 0.3 is 0 Å². The Bertz CT molecular complexity index is 700. The Balaban J connectivity index is 2.09. The minimum absolute atomic E-state index is 0.123. The first-order valence-electron chi connectivity index (χ1n) is 8.36. The molecule has 2 rings (SSSR count). The first-order valence-corrected chi connectivity index (χ1v) is 8.36. The zero-order chi connectivity index (χ0) is 17.9. The molecule has 0 aliphatic heterocycles. The number of rotatable bonds is 6. The van der Waals surface area contributed by atoms with Gasteiger partial charge in [0.25, 0.3) is 5.91 Å². The first kappa shape index (κ1) is 18.0. The van der Waals surface area contributed by atoms with Gasteiger partial charge in [-0.15, -0.1) is 0 Å². The summed E-state index contributed by atoms with van der Waals surface area (Å²) in [7, 11) is 0. The molecule has 2 N–H and O–H groups in total. The van der Waals surface area contributed by atoms with Gasteiger partial charge in [0.15, 0.2) is 0 Å². The zero-order valence-electron chi connectivity index (χ0n) is 15.4. The number of carbonyl (C=O) groups is 1. The number of benzene rings is 1. The van der Waals surface area contributed by atoms with Crippen LogP contribution < -0.4 is 10.6 Å². The average Bonchev–Trinajstić information content (AvgIpc) is 2.85. The summed E-state index contributed by atoms with van der Waals surface area (Å²) in [5.41, 5.74) is 3.45. The minimum Gasteiger partial charge on any atom is -0.444 e. The van der Waals surface area contributed by atoms with Crippen LogP contribution in [0.4, 0.5) is 5.69 Å². The second-order valence-corrected chi connectivity index (χ2v) is 6.59. The molecule has 2 aromatic rings. The van der Waals surface area contributed by atoms with Crippen molar-refractivity contribution in [3.8, 4) is 0 Å². The first-order chi connectivity index (χ1) is 11.3. The van der Waals surface area contributed by atoms with Crippen LogP contribution in [0.15, 0.2) is 22.6 Å². The number of nitrogens with one attached hydrogen (secondary N) is 2. The van der Waals surface area contributed by atoms with E-state index in [4.69, 9.17) is 4.42 Å². The van der Waals surface area contributed by atoms with E-state index in [1.807, 2.05) is 39.0 Å². The number of oxazole rings is 1. The third kappa shape index (κ3) is 4.16. The fourth-order valence-corrected chi connectivity index (χ4v) is 2.32. The molecule has 1 aromatic heterocycles. The van der Waals surface area contributed by atoms with E-state index in [1.54, 1.807) is 0 Å². The second kappa shape index (κ2) is 7.51. The van der Waals surface area contributed by atoms with Gasteiger partial charge in [0.2, 0.25) is 5.89 Å². The molecule has 1 atom stereocenters. The van der Waals surface area contributed by atoms with Crippen LogP contribution in [0, 0.1) is 26.7 Å². The molecule has 24 heavy (non-hydrogen) atoms. The van der Waals surface area contributed by atoms with Crippen LogP contribution in [0.5, 0.6) is 0 Å². The van der Waals surface area contributed by atoms with E-state index in [1.165, 1.54) is 0 Å². The maximum absolute atomic E-state index is 12.5. The zero-order valence-corrected chi connectivity index (χ0v) is 15.4. The fraction of sp³-hybridized carbons (Fsp3) is 0.474. The maximum Gasteiger partial charge on any atom is 0.252 e. The predicted molar refractivity (Wildman–Crippen MR) is 96.2 cm³/mol. The fourth-order valence-electron chi connectivity index (χ4n) is 2.32. The highest BCUT2D eigenvalue weighted by Crippen LogP contribution is 2.21. The van der Waals surface area contributed by atoms with Crippen molar-refractivity contribution in [2.45, 2.75) is 54.1 Å². The molecule has 1 aromatic carbocycles. The van der Waals surface area contributed by atoms with Crippen molar-refractivity contribution in [2.75, 3.05) is 5.32 Å². The van der Waals surface area contributed by atoms with Crippen LogP contribution in [0.25, 0.3) is 0 Å². The summed E-state index contributed by atoms with van der Waals surface area (Å²) in [4.78, 5) is 16.8. The monoisotopic (exact) mass is 329 g/mol. The van der Waals surface area contributed by atoms with Crippen molar-refractivity contribution in [3.63, 3.8) is 0 Å². The molecular formula is C19H27N3O2. The van der Waals surface area contributed by atoms with E-state index >= 15 is 0 Å². The van der Waals surface area contributed by atoms with Gasteiger partial charge in [0, 0.05) is 17.3 Å². The molecule has 130 valence electrons. The lowest BCUT2D eigenvalue weighted by Gasteiger charge is -2.21. The van der Waals surface area contributed by atoms with E-state index < -0.39 is 0 Å². The lowest BCUT2D eigenvalue weighted by molar-refractivity contribution is 0.0946. The molecular weight excluding hydrogens is 302 g/mol. The average molecular weight is 329 g/mol. The van der Waals surface area contributed by atoms with Crippen molar-refractivity contribution in [3.05, 3.63) is 46.7 Å². The number of nitrogens with zero attached hydrogens (tertiary/aromatic N) is 1. The van der Waals surface area contributed by atoms with Gasteiger partial charge in [0.1, 0.15) is 5.76 Å². The Morgan fingerprint density at radius 1 is 1.21 bits per heavy atom. The Labute approximate surface area is 143 Å². The van der Waals surface area contributed by atoms with E-state index in [2.05, 4.69) is 36.4 Å². The highest BCUT2D eigenvalue weighted by Gasteiger charge is 2.15. The topological polar surface area (TPSA) is 67.2 Å². The Morgan fingerprint density at radius 3 is 2.50 bits per heavy atom. The SMILES string of the molecule is Cc1nc(CNC(=O)c2cccc(N[C@H](C)C(C)C)c2C)oc1C. The predicted octanol–water partition coefficient (Wildman–Crippen LogP) is 3.99. The van der Waals surface area contributed by atoms with Crippen molar-refractivity contribution in [2.24, 2.45) is 5.92 Å². The molecule has 5 nitrogen and oxygen atoms in total. The summed E-state index contributed by atoms with van der Waals surface area (Å²) in [6, 6.07) is 6.07. The Kier molecular flexibility index (Phi) is 5.65. The Hall–Kier alpha value is -2.30. The summed E-state index contributed by atoms with van der Waals surface area (Å²) in [6.07, 6.45) is 0. The molecule has 0 aliphatic carbocycles. The number of anilines is 1. The molecule has 0 saturated heterocycles. The van der Waals surface area contributed by atoms with Crippen molar-refractivity contribution >= 4 is 11.6 Å². The van der Waals surface area contributed by atoms with E-state index in [0.717, 1.165) is 22.7 Å². The van der Waals surface area contributed by atoms with Crippen molar-refractivity contribution < 1.29 is 9.21 Å². The number of hydrogen-bond donors (Lipinski definition) is 2. The highest BCUT2D eigenvalue weighted by molar-refractivity contribution is 5.96. The summed E-state index contributed by atoms with van der Waals surface area (Å²) < 4.78 is 5.50. The third-order valence-corrected chi connectivity index (χ3v) is 4.43. The lowest BCUT2D eigenvalue weighted by Crippen LogP contribution is -2.25. The molecule has 0 unspecified atom stereocenters. The van der Waals surface area contributed by atoms with Crippen LogP contribution >= 0.6 is 0 Å². The summed E-state index contributed by atoms with van der Waals surface area (Å²) in [6.45, 7) is 12.5. The van der Waals surface area contributed by atoms with Gasteiger partial charge < -0.3 is 15.1 Å². The van der Waals surface area contributed by atoms with Gasteiger partial charge in [0.05, 0.1) is 12.2 Å². The smallest absolute Gasteiger partial charge is 0.252 e. The van der Waals surface area contributed by atoms with E-state index in [9.17, 15) is 4.79 Å². The van der Waals surface area contributed by atoms with Gasteiger partial charge in [-0.1, -0.05) is 19.9 Å². The molecule has 0 radical (unpaired) electrons. The molecule has 0 fully saturated rings. The van der Waals surface area contributed by atoms with Gasteiger partial charge in [-0.3, -0.25) is 4.79 Å². The Morgan fingerprint density at radius 2 is 1.92 bits per heavy atom. The van der Waals surface area contributed by atoms with Gasteiger partial charge in [-0.2, -0.15) is 0 Å². The molecule has 0 aliphatic rings. The van der Waals surface area contributed by atoms with Crippen molar-refractivity contribution in [1.29, 1.82) is 0 Å². The van der Waals surface area contributed by atoms with Crippen LogP contribution in [0.3, 0.4) is 0 Å². The molecule has 5 heteroatoms. The normalized spacial score (nSPS) is 12.3. The van der Waals surface area contributed by atoms with E-state index in [-0.39, 0.29) is 12.5 Å². The molecule has 1 amide bonds. The van der Waals surface area contributed by atoms with Gasteiger partial charge in [-0.25, -0.2) is 4.98 Å². The number of aryl methyl sites for hydroxylation is 2. The number of aromatic nitrogens is 1. The van der Waals surface area contributed by atoms with Crippen molar-refractivity contribution in [1.82, 2.24) is 10.3 Å². The molecule has 0 saturated carbocycles. The summed E-state index contributed by atoms with van der Waals surface area (Å²) >= 11 is 0. The molecule has 1 heterocycles. The number of hydrogen-bond acceptors (Lipinski definition) is 4. The summed E-state index contributed by atoms with van der Waals surface area (Å²) in [5.74, 6) is 1.70. The quantitative estimate of drug-likeness (QED) is 0.841. The van der Waals surface area contributed by atoms with Crippen LogP contribution in [0.2, 0.25) is 0 Å². The third-order valence-electron chi connectivity index (χ3n) is 4.43. The maximum atomic E-state index is 12.5. The molecule has 0 bridgehead atoms. The number of amides is 1. The lowest BCUT2D eigenvalue weighted by atomic mass is 10.0. The standard InChI is InChI=1S/C19H27N3O2/c1-11(2)13(4)21-17-9-7-8-16(12(17)3)19(23)20-10-18-22-14(5)15(6)24-18/h7-9,11,13,21H,10H2,1-6H3,(H,20,23)/t13-/m1/s1.